The van der Waals surface area contributed by atoms with Gasteiger partial charge in [0.1, 0.15) is 11.4 Å². The highest BCUT2D eigenvalue weighted by Gasteiger charge is 2.18. The van der Waals surface area contributed by atoms with Crippen molar-refractivity contribution in [2.75, 3.05) is 17.7 Å². The van der Waals surface area contributed by atoms with Crippen LogP contribution >= 0.6 is 11.3 Å². The summed E-state index contributed by atoms with van der Waals surface area (Å²) in [5, 5.41) is 5.34. The Balaban J connectivity index is 2.28. The molecular formula is C15H19N3O2S. The van der Waals surface area contributed by atoms with Gasteiger partial charge in [-0.1, -0.05) is 13.0 Å². The smallest absolute Gasteiger partial charge is 0.341 e. The summed E-state index contributed by atoms with van der Waals surface area (Å²) in [6.07, 6.45) is 2.42. The van der Waals surface area contributed by atoms with Crippen molar-refractivity contribution in [3.63, 3.8) is 0 Å². The van der Waals surface area contributed by atoms with Crippen LogP contribution in [0.15, 0.2) is 29.8 Å². The van der Waals surface area contributed by atoms with E-state index in [1.807, 2.05) is 11.4 Å². The fourth-order valence-corrected chi connectivity index (χ4v) is 2.85. The molecule has 0 aliphatic carbocycles. The first-order chi connectivity index (χ1) is 10.2. The van der Waals surface area contributed by atoms with E-state index in [9.17, 15) is 4.79 Å². The zero-order valence-corrected chi connectivity index (χ0v) is 12.9. The SMILES string of the molecule is CCOC(=O)c1cc(N)cnc1NC(CC)c1cccs1. The van der Waals surface area contributed by atoms with Crippen molar-refractivity contribution in [2.45, 2.75) is 26.3 Å². The molecule has 2 rings (SSSR count). The Morgan fingerprint density at radius 1 is 1.52 bits per heavy atom. The van der Waals surface area contributed by atoms with Crippen molar-refractivity contribution in [2.24, 2.45) is 0 Å². The van der Waals surface area contributed by atoms with Gasteiger partial charge in [-0.2, -0.15) is 0 Å². The van der Waals surface area contributed by atoms with E-state index in [1.165, 1.54) is 11.1 Å². The minimum Gasteiger partial charge on any atom is -0.462 e. The van der Waals surface area contributed by atoms with Gasteiger partial charge in [0.15, 0.2) is 0 Å². The van der Waals surface area contributed by atoms with E-state index in [4.69, 9.17) is 10.5 Å². The molecule has 2 heterocycles. The summed E-state index contributed by atoms with van der Waals surface area (Å²) in [6, 6.07) is 5.77. The van der Waals surface area contributed by atoms with Gasteiger partial charge in [-0.25, -0.2) is 9.78 Å². The summed E-state index contributed by atoms with van der Waals surface area (Å²) in [5.74, 6) is 0.0868. The largest absolute Gasteiger partial charge is 0.462 e. The molecule has 0 aliphatic rings. The predicted molar refractivity (Wildman–Crippen MR) is 85.6 cm³/mol. The van der Waals surface area contributed by atoms with E-state index < -0.39 is 5.97 Å². The molecule has 0 fully saturated rings. The second-order valence-corrected chi connectivity index (χ2v) is 5.49. The number of nitrogen functional groups attached to an aromatic ring is 1. The number of carbonyl (C=O) groups is 1. The number of nitrogens with zero attached hydrogens (tertiary/aromatic N) is 1. The number of aromatic nitrogens is 1. The van der Waals surface area contributed by atoms with Crippen LogP contribution in [0.4, 0.5) is 11.5 Å². The highest BCUT2D eigenvalue weighted by atomic mass is 32.1. The molecule has 5 nitrogen and oxygen atoms in total. The van der Waals surface area contributed by atoms with Crippen LogP contribution in [0.5, 0.6) is 0 Å². The molecule has 0 saturated heterocycles. The highest BCUT2D eigenvalue weighted by Crippen LogP contribution is 2.27. The van der Waals surface area contributed by atoms with E-state index >= 15 is 0 Å². The number of ether oxygens (including phenoxy) is 1. The van der Waals surface area contributed by atoms with Gasteiger partial charge in [0.05, 0.1) is 24.5 Å². The first-order valence-electron chi connectivity index (χ1n) is 6.88. The predicted octanol–water partition coefficient (Wildman–Crippen LogP) is 3.47. The number of pyridine rings is 1. The van der Waals surface area contributed by atoms with Crippen molar-refractivity contribution in [3.05, 3.63) is 40.2 Å². The third-order valence-electron chi connectivity index (χ3n) is 3.01. The third-order valence-corrected chi connectivity index (χ3v) is 4.00. The van der Waals surface area contributed by atoms with E-state index in [0.29, 0.717) is 23.7 Å². The Hall–Kier alpha value is -2.08. The maximum atomic E-state index is 12.0. The molecule has 0 spiro atoms. The molecular weight excluding hydrogens is 286 g/mol. The molecule has 0 amide bonds. The van der Waals surface area contributed by atoms with Gasteiger partial charge in [-0.05, 0) is 30.9 Å². The van der Waals surface area contributed by atoms with Gasteiger partial charge in [0.25, 0.3) is 0 Å². The standard InChI is InChI=1S/C15H19N3O2S/c1-3-12(13-6-5-7-21-13)18-14-11(15(19)20-4-2)8-10(16)9-17-14/h5-9,12H,3-4,16H2,1-2H3,(H,17,18). The normalized spacial score (nSPS) is 11.9. The molecule has 1 atom stereocenters. The van der Waals surface area contributed by atoms with E-state index in [0.717, 1.165) is 6.42 Å². The zero-order valence-electron chi connectivity index (χ0n) is 12.1. The number of thiophene rings is 1. The van der Waals surface area contributed by atoms with Gasteiger partial charge >= 0.3 is 5.97 Å². The number of carbonyl (C=O) groups excluding carboxylic acids is 1. The molecule has 0 bridgehead atoms. The minimum absolute atomic E-state index is 0.106. The number of rotatable bonds is 6. The maximum absolute atomic E-state index is 12.0. The summed E-state index contributed by atoms with van der Waals surface area (Å²) >= 11 is 1.67. The van der Waals surface area contributed by atoms with Crippen molar-refractivity contribution in [3.8, 4) is 0 Å². The quantitative estimate of drug-likeness (QED) is 0.799. The molecule has 0 radical (unpaired) electrons. The average molecular weight is 305 g/mol. The molecule has 2 aromatic rings. The minimum atomic E-state index is -0.416. The lowest BCUT2D eigenvalue weighted by atomic mass is 10.1. The first kappa shape index (κ1) is 15.3. The topological polar surface area (TPSA) is 77.2 Å². The lowest BCUT2D eigenvalue weighted by molar-refractivity contribution is 0.0527. The average Bonchev–Trinajstić information content (AvgIpc) is 3.00. The molecule has 2 aromatic heterocycles. The molecule has 3 N–H and O–H groups in total. The summed E-state index contributed by atoms with van der Waals surface area (Å²) in [5.41, 5.74) is 6.53. The van der Waals surface area contributed by atoms with Crippen LogP contribution in [0.1, 0.15) is 41.5 Å². The van der Waals surface area contributed by atoms with Crippen LogP contribution in [0.3, 0.4) is 0 Å². The maximum Gasteiger partial charge on any atom is 0.341 e. The number of anilines is 2. The van der Waals surface area contributed by atoms with Gasteiger partial charge in [0, 0.05) is 4.88 Å². The fourth-order valence-electron chi connectivity index (χ4n) is 1.99. The lowest BCUT2D eigenvalue weighted by Gasteiger charge is -2.18. The van der Waals surface area contributed by atoms with Gasteiger partial charge in [-0.15, -0.1) is 11.3 Å². The van der Waals surface area contributed by atoms with Crippen molar-refractivity contribution >= 4 is 28.8 Å². The van der Waals surface area contributed by atoms with Gasteiger partial charge in [-0.3, -0.25) is 0 Å². The van der Waals surface area contributed by atoms with Crippen molar-refractivity contribution in [1.29, 1.82) is 0 Å². The van der Waals surface area contributed by atoms with Crippen LogP contribution < -0.4 is 11.1 Å². The number of esters is 1. The van der Waals surface area contributed by atoms with Crippen LogP contribution in [-0.2, 0) is 4.74 Å². The Bertz CT molecular complexity index is 599. The Labute approximate surface area is 128 Å². The van der Waals surface area contributed by atoms with E-state index in [-0.39, 0.29) is 6.04 Å². The molecule has 0 aromatic carbocycles. The van der Waals surface area contributed by atoms with Crippen LogP contribution in [0.2, 0.25) is 0 Å². The number of nitrogens with two attached hydrogens (primary N) is 1. The first-order valence-corrected chi connectivity index (χ1v) is 7.76. The summed E-state index contributed by atoms with van der Waals surface area (Å²) in [6.45, 7) is 4.17. The van der Waals surface area contributed by atoms with Crippen molar-refractivity contribution < 1.29 is 9.53 Å². The monoisotopic (exact) mass is 305 g/mol. The zero-order chi connectivity index (χ0) is 15.2. The molecule has 112 valence electrons. The van der Waals surface area contributed by atoms with E-state index in [1.54, 1.807) is 24.3 Å². The van der Waals surface area contributed by atoms with E-state index in [2.05, 4.69) is 23.3 Å². The summed E-state index contributed by atoms with van der Waals surface area (Å²) in [4.78, 5) is 17.5. The number of nitrogens with one attached hydrogen (secondary N) is 1. The fraction of sp³-hybridized carbons (Fsp3) is 0.333. The number of hydrogen-bond acceptors (Lipinski definition) is 6. The van der Waals surface area contributed by atoms with Crippen LogP contribution in [0.25, 0.3) is 0 Å². The Kier molecular flexibility index (Phi) is 5.16. The highest BCUT2D eigenvalue weighted by molar-refractivity contribution is 7.10. The molecule has 6 heteroatoms. The Morgan fingerprint density at radius 3 is 2.95 bits per heavy atom. The van der Waals surface area contributed by atoms with Gasteiger partial charge in [0.2, 0.25) is 0 Å². The van der Waals surface area contributed by atoms with Gasteiger partial charge < -0.3 is 15.8 Å². The third kappa shape index (κ3) is 3.72. The summed E-state index contributed by atoms with van der Waals surface area (Å²) < 4.78 is 5.06. The molecule has 0 aliphatic heterocycles. The Morgan fingerprint density at radius 2 is 2.33 bits per heavy atom. The number of hydrogen-bond donors (Lipinski definition) is 2. The molecule has 21 heavy (non-hydrogen) atoms. The molecule has 0 saturated carbocycles. The lowest BCUT2D eigenvalue weighted by Crippen LogP contribution is -2.15. The van der Waals surface area contributed by atoms with Crippen molar-refractivity contribution in [1.82, 2.24) is 4.98 Å². The van der Waals surface area contributed by atoms with Crippen LogP contribution in [-0.4, -0.2) is 17.6 Å². The summed E-state index contributed by atoms with van der Waals surface area (Å²) in [7, 11) is 0. The van der Waals surface area contributed by atoms with Crippen LogP contribution in [0, 0.1) is 0 Å². The molecule has 1 unspecified atom stereocenters. The second-order valence-electron chi connectivity index (χ2n) is 4.51. The second kappa shape index (κ2) is 7.08.